The molecular weight excluding hydrogens is 474 g/mol. The molecule has 10 nitrogen and oxygen atoms in total. The van der Waals surface area contributed by atoms with E-state index in [1.54, 1.807) is 35.1 Å². The molecule has 0 spiro atoms. The van der Waals surface area contributed by atoms with Crippen LogP contribution in [0.15, 0.2) is 36.4 Å². The van der Waals surface area contributed by atoms with Gasteiger partial charge in [-0.25, -0.2) is 4.68 Å². The minimum Gasteiger partial charge on any atom is -0.497 e. The standard InChI is InChI=1S/C27H29N5O5/c1-16-14-17(30-12-5-4-6-23(30)33)7-9-20(16)31-13-11-19-24(26(28)34)29-32(25(19)27(31)35)21-10-8-18(36-2)15-22(21)37-3/h7-10,14-15H,4-6,11-13H2,1-3H3,(H2,28,34). The number of rotatable bonds is 6. The van der Waals surface area contributed by atoms with Gasteiger partial charge in [-0.3, -0.25) is 14.4 Å². The van der Waals surface area contributed by atoms with E-state index in [2.05, 4.69) is 5.10 Å². The van der Waals surface area contributed by atoms with E-state index in [9.17, 15) is 14.4 Å². The van der Waals surface area contributed by atoms with Crippen LogP contribution in [-0.4, -0.2) is 54.8 Å². The van der Waals surface area contributed by atoms with Gasteiger partial charge in [-0.05, 0) is 62.1 Å². The van der Waals surface area contributed by atoms with Crippen molar-refractivity contribution < 1.29 is 23.9 Å². The Kier molecular flexibility index (Phi) is 6.32. The molecule has 0 radical (unpaired) electrons. The van der Waals surface area contributed by atoms with Crippen LogP contribution in [0.2, 0.25) is 0 Å². The molecule has 0 aliphatic carbocycles. The molecule has 1 aromatic heterocycles. The van der Waals surface area contributed by atoms with Crippen LogP contribution < -0.4 is 25.0 Å². The van der Waals surface area contributed by atoms with Crippen molar-refractivity contribution >= 4 is 29.1 Å². The van der Waals surface area contributed by atoms with Gasteiger partial charge >= 0.3 is 0 Å². The Hall–Kier alpha value is -4.34. The van der Waals surface area contributed by atoms with Crippen molar-refractivity contribution in [3.8, 4) is 17.2 Å². The molecule has 3 amide bonds. The number of anilines is 2. The number of ether oxygens (including phenoxy) is 2. The smallest absolute Gasteiger partial charge is 0.277 e. The number of nitrogens with zero attached hydrogens (tertiary/aromatic N) is 4. The lowest BCUT2D eigenvalue weighted by molar-refractivity contribution is -0.119. The molecule has 0 bridgehead atoms. The highest BCUT2D eigenvalue weighted by molar-refractivity contribution is 6.10. The van der Waals surface area contributed by atoms with E-state index < -0.39 is 5.91 Å². The predicted octanol–water partition coefficient (Wildman–Crippen LogP) is 3.02. The molecule has 3 aromatic rings. The number of benzene rings is 2. The minimum atomic E-state index is -0.699. The first kappa shape index (κ1) is 24.4. The Balaban J connectivity index is 1.56. The number of methoxy groups -OCH3 is 2. The van der Waals surface area contributed by atoms with Crippen LogP contribution in [0.3, 0.4) is 0 Å². The second kappa shape index (κ2) is 9.61. The van der Waals surface area contributed by atoms with E-state index in [0.717, 1.165) is 29.8 Å². The van der Waals surface area contributed by atoms with Crippen LogP contribution in [0.5, 0.6) is 11.5 Å². The molecule has 2 N–H and O–H groups in total. The summed E-state index contributed by atoms with van der Waals surface area (Å²) in [6.07, 6.45) is 2.84. The fourth-order valence-corrected chi connectivity index (χ4v) is 5.11. The quantitative estimate of drug-likeness (QED) is 0.552. The number of carbonyl (C=O) groups is 3. The van der Waals surface area contributed by atoms with Gasteiger partial charge in [0.05, 0.1) is 14.2 Å². The predicted molar refractivity (Wildman–Crippen MR) is 138 cm³/mol. The van der Waals surface area contributed by atoms with Gasteiger partial charge in [-0.15, -0.1) is 0 Å². The summed E-state index contributed by atoms with van der Waals surface area (Å²) in [5, 5.41) is 4.44. The fraction of sp³-hybridized carbons (Fsp3) is 0.333. The van der Waals surface area contributed by atoms with Crippen molar-refractivity contribution in [1.82, 2.24) is 9.78 Å². The zero-order valence-electron chi connectivity index (χ0n) is 21.1. The average molecular weight is 504 g/mol. The number of aryl methyl sites for hydroxylation is 1. The Morgan fingerprint density at radius 1 is 0.946 bits per heavy atom. The number of aromatic nitrogens is 2. The SMILES string of the molecule is COc1ccc(-n2nc(C(N)=O)c3c2C(=O)N(c2ccc(N4CCCCC4=O)cc2C)CC3)c(OC)c1. The van der Waals surface area contributed by atoms with Crippen molar-refractivity contribution in [2.75, 3.05) is 37.1 Å². The topological polar surface area (TPSA) is 120 Å². The largest absolute Gasteiger partial charge is 0.497 e. The number of hydrogen-bond acceptors (Lipinski definition) is 6. The highest BCUT2D eigenvalue weighted by Crippen LogP contribution is 2.35. The maximum Gasteiger partial charge on any atom is 0.277 e. The van der Waals surface area contributed by atoms with Crippen molar-refractivity contribution in [2.45, 2.75) is 32.6 Å². The third-order valence-corrected chi connectivity index (χ3v) is 6.97. The fourth-order valence-electron chi connectivity index (χ4n) is 5.11. The Morgan fingerprint density at radius 3 is 2.41 bits per heavy atom. The number of fused-ring (bicyclic) bond motifs is 1. The molecule has 0 saturated carbocycles. The summed E-state index contributed by atoms with van der Waals surface area (Å²) in [4.78, 5) is 42.1. The maximum atomic E-state index is 13.9. The molecule has 1 fully saturated rings. The van der Waals surface area contributed by atoms with Crippen LogP contribution >= 0.6 is 0 Å². The average Bonchev–Trinajstić information content (AvgIpc) is 3.30. The Bertz CT molecular complexity index is 1410. The minimum absolute atomic E-state index is 0.0663. The molecule has 37 heavy (non-hydrogen) atoms. The van der Waals surface area contributed by atoms with E-state index in [4.69, 9.17) is 15.2 Å². The molecular formula is C27H29N5O5. The second-order valence-corrected chi connectivity index (χ2v) is 9.17. The van der Waals surface area contributed by atoms with Gasteiger partial charge in [0.1, 0.15) is 22.9 Å². The van der Waals surface area contributed by atoms with Crippen molar-refractivity contribution in [1.29, 1.82) is 0 Å². The Labute approximate surface area is 214 Å². The first-order chi connectivity index (χ1) is 17.8. The van der Waals surface area contributed by atoms with Crippen LogP contribution in [0.1, 0.15) is 51.4 Å². The van der Waals surface area contributed by atoms with Gasteiger partial charge in [0.2, 0.25) is 5.91 Å². The molecule has 0 atom stereocenters. The zero-order valence-corrected chi connectivity index (χ0v) is 21.1. The summed E-state index contributed by atoms with van der Waals surface area (Å²) >= 11 is 0. The molecule has 2 aliphatic rings. The molecule has 10 heteroatoms. The monoisotopic (exact) mass is 503 g/mol. The van der Waals surface area contributed by atoms with Crippen molar-refractivity contribution in [3.63, 3.8) is 0 Å². The number of carbonyl (C=O) groups excluding carboxylic acids is 3. The summed E-state index contributed by atoms with van der Waals surface area (Å²) in [6.45, 7) is 2.98. The summed E-state index contributed by atoms with van der Waals surface area (Å²) in [5.41, 5.74) is 9.40. The number of primary amides is 1. The molecule has 5 rings (SSSR count). The molecule has 3 heterocycles. The van der Waals surface area contributed by atoms with Gasteiger partial charge in [-0.1, -0.05) is 0 Å². The number of amides is 3. The van der Waals surface area contributed by atoms with Gasteiger partial charge in [-0.2, -0.15) is 5.10 Å². The van der Waals surface area contributed by atoms with E-state index in [0.29, 0.717) is 48.7 Å². The van der Waals surface area contributed by atoms with Gasteiger partial charge < -0.3 is 25.0 Å². The van der Waals surface area contributed by atoms with E-state index >= 15 is 0 Å². The molecule has 2 aliphatic heterocycles. The van der Waals surface area contributed by atoms with E-state index in [1.807, 2.05) is 25.1 Å². The zero-order chi connectivity index (χ0) is 26.3. The third kappa shape index (κ3) is 4.18. The van der Waals surface area contributed by atoms with Crippen LogP contribution in [-0.2, 0) is 11.2 Å². The van der Waals surface area contributed by atoms with Gasteiger partial charge in [0.15, 0.2) is 5.69 Å². The Morgan fingerprint density at radius 2 is 1.73 bits per heavy atom. The first-order valence-corrected chi connectivity index (χ1v) is 12.2. The third-order valence-electron chi connectivity index (χ3n) is 6.97. The molecule has 192 valence electrons. The summed E-state index contributed by atoms with van der Waals surface area (Å²) in [5.74, 6) is 0.123. The van der Waals surface area contributed by atoms with Crippen LogP contribution in [0, 0.1) is 6.92 Å². The summed E-state index contributed by atoms with van der Waals surface area (Å²) < 4.78 is 12.3. The highest BCUT2D eigenvalue weighted by atomic mass is 16.5. The highest BCUT2D eigenvalue weighted by Gasteiger charge is 2.36. The lowest BCUT2D eigenvalue weighted by Gasteiger charge is -2.31. The van der Waals surface area contributed by atoms with E-state index in [1.165, 1.54) is 11.8 Å². The lowest BCUT2D eigenvalue weighted by atomic mass is 10.0. The number of piperidine rings is 1. The lowest BCUT2D eigenvalue weighted by Crippen LogP contribution is -2.39. The van der Waals surface area contributed by atoms with E-state index in [-0.39, 0.29) is 23.2 Å². The van der Waals surface area contributed by atoms with Gasteiger partial charge in [0, 0.05) is 42.5 Å². The summed E-state index contributed by atoms with van der Waals surface area (Å²) in [6, 6.07) is 10.8. The normalized spacial score (nSPS) is 15.5. The number of hydrogen-bond donors (Lipinski definition) is 1. The first-order valence-electron chi connectivity index (χ1n) is 12.2. The second-order valence-electron chi connectivity index (χ2n) is 9.17. The molecule has 2 aromatic carbocycles. The van der Waals surface area contributed by atoms with Crippen molar-refractivity contribution in [2.24, 2.45) is 5.73 Å². The van der Waals surface area contributed by atoms with Gasteiger partial charge in [0.25, 0.3) is 11.8 Å². The maximum absolute atomic E-state index is 13.9. The summed E-state index contributed by atoms with van der Waals surface area (Å²) in [7, 11) is 3.06. The number of nitrogens with two attached hydrogens (primary N) is 1. The molecule has 0 unspecified atom stereocenters. The van der Waals surface area contributed by atoms with Crippen LogP contribution in [0.25, 0.3) is 5.69 Å². The van der Waals surface area contributed by atoms with Crippen LogP contribution in [0.4, 0.5) is 11.4 Å². The van der Waals surface area contributed by atoms with Crippen molar-refractivity contribution in [3.05, 3.63) is 58.9 Å². The molecule has 1 saturated heterocycles.